The normalized spacial score (nSPS) is 22.2. The van der Waals surface area contributed by atoms with Gasteiger partial charge >= 0.3 is 0 Å². The minimum atomic E-state index is -0.0912. The molecular formula is C22H29N9O. The third-order valence-corrected chi connectivity index (χ3v) is 6.52. The van der Waals surface area contributed by atoms with E-state index >= 15 is 0 Å². The summed E-state index contributed by atoms with van der Waals surface area (Å²) in [5, 5.41) is 6.80. The van der Waals surface area contributed by atoms with Crippen LogP contribution in [0.5, 0.6) is 0 Å². The van der Waals surface area contributed by atoms with Crippen LogP contribution in [0.2, 0.25) is 0 Å². The van der Waals surface area contributed by atoms with Crippen LogP contribution in [0.15, 0.2) is 18.7 Å². The van der Waals surface area contributed by atoms with Crippen molar-refractivity contribution < 1.29 is 4.79 Å². The lowest BCUT2D eigenvalue weighted by Gasteiger charge is -2.45. The van der Waals surface area contributed by atoms with E-state index in [9.17, 15) is 4.79 Å². The Morgan fingerprint density at radius 2 is 2.03 bits per heavy atom. The van der Waals surface area contributed by atoms with Crippen molar-refractivity contribution in [1.29, 1.82) is 0 Å². The predicted molar refractivity (Wildman–Crippen MR) is 121 cm³/mol. The molecule has 1 amide bonds. The molecule has 0 radical (unpaired) electrons. The van der Waals surface area contributed by atoms with Crippen LogP contribution in [0.25, 0.3) is 22.6 Å². The van der Waals surface area contributed by atoms with Gasteiger partial charge in [0.1, 0.15) is 18.0 Å². The molecule has 0 aromatic carbocycles. The van der Waals surface area contributed by atoms with Gasteiger partial charge in [-0.2, -0.15) is 0 Å². The monoisotopic (exact) mass is 435 g/mol. The average molecular weight is 436 g/mol. The topological polar surface area (TPSA) is 114 Å². The maximum Gasteiger partial charge on any atom is 0.240 e. The summed E-state index contributed by atoms with van der Waals surface area (Å²) in [6.45, 7) is 11.2. The van der Waals surface area contributed by atoms with E-state index in [1.54, 1.807) is 18.7 Å². The van der Waals surface area contributed by atoms with Crippen LogP contribution >= 0.6 is 0 Å². The fraction of sp³-hybridized carbons (Fsp3) is 0.545. The van der Waals surface area contributed by atoms with E-state index < -0.39 is 0 Å². The predicted octanol–water partition coefficient (Wildman–Crippen LogP) is 1.62. The van der Waals surface area contributed by atoms with E-state index in [-0.39, 0.29) is 23.4 Å². The Morgan fingerprint density at radius 1 is 1.25 bits per heavy atom. The zero-order valence-corrected chi connectivity index (χ0v) is 19.0. The first kappa shape index (κ1) is 20.7. The number of aromatic nitrogens is 6. The van der Waals surface area contributed by atoms with Gasteiger partial charge in [-0.05, 0) is 20.3 Å². The van der Waals surface area contributed by atoms with Gasteiger partial charge in [0, 0.05) is 50.0 Å². The minimum absolute atomic E-state index is 0.0183. The van der Waals surface area contributed by atoms with Crippen molar-refractivity contribution in [3.63, 3.8) is 0 Å². The molecule has 2 aliphatic rings. The minimum Gasteiger partial charge on any atom is -0.364 e. The summed E-state index contributed by atoms with van der Waals surface area (Å²) in [6, 6.07) is 0.0321. The molecule has 2 fully saturated rings. The highest BCUT2D eigenvalue weighted by Gasteiger charge is 2.45. The molecule has 168 valence electrons. The zero-order chi connectivity index (χ0) is 22.5. The maximum atomic E-state index is 12.9. The molecule has 3 aromatic rings. The van der Waals surface area contributed by atoms with E-state index in [0.29, 0.717) is 18.9 Å². The maximum absolute atomic E-state index is 12.9. The number of imidazole rings is 1. The Kier molecular flexibility index (Phi) is 5.04. The number of aryl methyl sites for hydroxylation is 2. The van der Waals surface area contributed by atoms with Crippen LogP contribution in [0.1, 0.15) is 33.0 Å². The Labute approximate surface area is 186 Å². The van der Waals surface area contributed by atoms with Gasteiger partial charge in [-0.15, -0.1) is 0 Å². The Bertz CT molecular complexity index is 1150. The smallest absolute Gasteiger partial charge is 0.240 e. The molecule has 5 rings (SSSR count). The number of nitrogens with one attached hydrogen (secondary N) is 2. The number of carbonyl (C=O) groups excluding carboxylic acids is 1. The van der Waals surface area contributed by atoms with Gasteiger partial charge in [0.2, 0.25) is 5.91 Å². The number of fused-ring (bicyclic) bond motifs is 1. The number of hydrogen-bond acceptors (Lipinski definition) is 8. The summed E-state index contributed by atoms with van der Waals surface area (Å²) in [4.78, 5) is 37.3. The van der Waals surface area contributed by atoms with E-state index in [1.165, 1.54) is 0 Å². The number of nitrogens with zero attached hydrogens (tertiary/aromatic N) is 7. The summed E-state index contributed by atoms with van der Waals surface area (Å²) in [5.41, 5.74) is 2.35. The molecule has 2 atom stereocenters. The first-order chi connectivity index (χ1) is 15.4. The van der Waals surface area contributed by atoms with Crippen molar-refractivity contribution in [3.8, 4) is 11.4 Å². The number of hydrogen-bond donors (Lipinski definition) is 2. The van der Waals surface area contributed by atoms with E-state index in [1.807, 2.05) is 16.4 Å². The Morgan fingerprint density at radius 3 is 2.69 bits per heavy atom. The highest BCUT2D eigenvalue weighted by molar-refractivity contribution is 5.87. The number of amides is 1. The Hall–Kier alpha value is -3.14. The standard InChI is InChI=1S/C22H29N9O/c1-5-31-19(14-8-23-13(2)24-9-14)29-16-18(26-12-27-20(16)31)28-15-6-7-30(10-15)21(32)17-22(3,4)11-25-17/h8-9,12,15,17,25H,5-7,10-11H2,1-4H3,(H,26,27,28). The lowest BCUT2D eigenvalue weighted by Crippen LogP contribution is -2.66. The lowest BCUT2D eigenvalue weighted by molar-refractivity contribution is -0.139. The second-order valence-corrected chi connectivity index (χ2v) is 9.31. The molecule has 0 aliphatic carbocycles. The van der Waals surface area contributed by atoms with Crippen molar-refractivity contribution in [2.24, 2.45) is 5.41 Å². The van der Waals surface area contributed by atoms with Gasteiger partial charge in [-0.25, -0.2) is 24.9 Å². The highest BCUT2D eigenvalue weighted by atomic mass is 16.2. The molecule has 2 N–H and O–H groups in total. The molecule has 2 saturated heterocycles. The third kappa shape index (κ3) is 3.48. The second kappa shape index (κ2) is 7.77. The fourth-order valence-electron chi connectivity index (χ4n) is 4.56. The highest BCUT2D eigenvalue weighted by Crippen LogP contribution is 2.31. The van der Waals surface area contributed by atoms with Crippen molar-refractivity contribution in [3.05, 3.63) is 24.5 Å². The summed E-state index contributed by atoms with van der Waals surface area (Å²) >= 11 is 0. The van der Waals surface area contributed by atoms with Crippen LogP contribution in [-0.2, 0) is 11.3 Å². The largest absolute Gasteiger partial charge is 0.364 e. The van der Waals surface area contributed by atoms with Crippen LogP contribution < -0.4 is 10.6 Å². The molecule has 0 saturated carbocycles. The van der Waals surface area contributed by atoms with E-state index in [0.717, 1.165) is 47.9 Å². The molecule has 10 heteroatoms. The SMILES string of the molecule is CCn1c(-c2cnc(C)nc2)nc2c(NC3CCN(C(=O)C4NCC4(C)C)C3)ncnc21. The molecule has 5 heterocycles. The fourth-order valence-corrected chi connectivity index (χ4v) is 4.56. The molecule has 3 aromatic heterocycles. The summed E-state index contributed by atoms with van der Waals surface area (Å²) in [6.07, 6.45) is 6.00. The van der Waals surface area contributed by atoms with Gasteiger partial charge < -0.3 is 20.1 Å². The second-order valence-electron chi connectivity index (χ2n) is 9.31. The molecule has 2 aliphatic heterocycles. The van der Waals surface area contributed by atoms with Crippen molar-refractivity contribution in [1.82, 2.24) is 39.7 Å². The average Bonchev–Trinajstić information content (AvgIpc) is 3.38. The molecule has 10 nitrogen and oxygen atoms in total. The summed E-state index contributed by atoms with van der Waals surface area (Å²) in [5.74, 6) is 2.37. The lowest BCUT2D eigenvalue weighted by atomic mass is 9.76. The van der Waals surface area contributed by atoms with E-state index in [4.69, 9.17) is 4.98 Å². The number of rotatable bonds is 5. The number of carbonyl (C=O) groups is 1. The first-order valence-electron chi connectivity index (χ1n) is 11.2. The van der Waals surface area contributed by atoms with Crippen LogP contribution in [0.4, 0.5) is 5.82 Å². The molecule has 0 bridgehead atoms. The van der Waals surface area contributed by atoms with Crippen LogP contribution in [-0.4, -0.2) is 72.0 Å². The van der Waals surface area contributed by atoms with Gasteiger partial charge in [0.05, 0.1) is 11.6 Å². The summed E-state index contributed by atoms with van der Waals surface area (Å²) in [7, 11) is 0. The Balaban J connectivity index is 1.38. The van der Waals surface area contributed by atoms with Gasteiger partial charge in [0.25, 0.3) is 0 Å². The molecular weight excluding hydrogens is 406 g/mol. The van der Waals surface area contributed by atoms with Crippen molar-refractivity contribution >= 4 is 22.9 Å². The van der Waals surface area contributed by atoms with Gasteiger partial charge in [-0.1, -0.05) is 13.8 Å². The van der Waals surface area contributed by atoms with Crippen molar-refractivity contribution in [2.75, 3.05) is 25.0 Å². The van der Waals surface area contributed by atoms with E-state index in [2.05, 4.69) is 51.3 Å². The molecule has 32 heavy (non-hydrogen) atoms. The van der Waals surface area contributed by atoms with Crippen LogP contribution in [0.3, 0.4) is 0 Å². The zero-order valence-electron chi connectivity index (χ0n) is 19.0. The third-order valence-electron chi connectivity index (χ3n) is 6.52. The molecule has 0 spiro atoms. The molecule has 2 unspecified atom stereocenters. The summed E-state index contributed by atoms with van der Waals surface area (Å²) < 4.78 is 2.05. The van der Waals surface area contributed by atoms with Gasteiger partial charge in [0.15, 0.2) is 17.0 Å². The van der Waals surface area contributed by atoms with Crippen molar-refractivity contribution in [2.45, 2.75) is 52.7 Å². The quantitative estimate of drug-likeness (QED) is 0.622. The first-order valence-corrected chi connectivity index (χ1v) is 11.2. The number of likely N-dealkylation sites (tertiary alicyclic amines) is 1. The number of anilines is 1. The van der Waals surface area contributed by atoms with Gasteiger partial charge in [-0.3, -0.25) is 4.79 Å². The van der Waals surface area contributed by atoms with Crippen LogP contribution in [0, 0.1) is 12.3 Å².